The predicted molar refractivity (Wildman–Crippen MR) is 150 cm³/mol. The highest BCUT2D eigenvalue weighted by atomic mass is 19.4. The Labute approximate surface area is 274 Å². The summed E-state index contributed by atoms with van der Waals surface area (Å²) in [7, 11) is 2.16. The molecule has 0 aromatic heterocycles. The first-order chi connectivity index (χ1) is 22.9. The van der Waals surface area contributed by atoms with Crippen molar-refractivity contribution in [2.24, 2.45) is 0 Å². The van der Waals surface area contributed by atoms with Crippen LogP contribution in [0.4, 0.5) is 26.3 Å². The lowest BCUT2D eigenvalue weighted by Gasteiger charge is -2.52. The lowest BCUT2D eigenvalue weighted by molar-refractivity contribution is -0.358. The Kier molecular flexibility index (Phi) is 10.7. The minimum absolute atomic E-state index is 0.607. The maximum absolute atomic E-state index is 14.6. The summed E-state index contributed by atoms with van der Waals surface area (Å²) in [5.74, 6) is -8.52. The van der Waals surface area contributed by atoms with Crippen molar-refractivity contribution >= 4 is 23.8 Å². The smallest absolute Gasteiger partial charge is 0.432 e. The van der Waals surface area contributed by atoms with Gasteiger partial charge in [0.2, 0.25) is 5.91 Å². The zero-order chi connectivity index (χ0) is 36.4. The molecule has 2 aromatic rings. The third kappa shape index (κ3) is 6.56. The average Bonchev–Trinajstić information content (AvgIpc) is 3.04. The van der Waals surface area contributed by atoms with Crippen LogP contribution in [0.2, 0.25) is 0 Å². The fourth-order valence-corrected chi connectivity index (χ4v) is 5.71. The second kappa shape index (κ2) is 13.9. The first kappa shape index (κ1) is 37.6. The third-order valence-electron chi connectivity index (χ3n) is 8.15. The maximum atomic E-state index is 14.6. The van der Waals surface area contributed by atoms with Gasteiger partial charge in [-0.3, -0.25) is 4.79 Å². The van der Waals surface area contributed by atoms with E-state index in [1.165, 1.54) is 36.4 Å². The van der Waals surface area contributed by atoms with Crippen LogP contribution >= 0.6 is 0 Å². The van der Waals surface area contributed by atoms with Gasteiger partial charge in [-0.05, 0) is 0 Å². The van der Waals surface area contributed by atoms with E-state index in [1.807, 2.05) is 0 Å². The molecule has 3 saturated heterocycles. The predicted octanol–water partition coefficient (Wildman–Crippen LogP) is 3.21. The molecule has 0 radical (unpaired) electrons. The molecule has 0 spiro atoms. The van der Waals surface area contributed by atoms with Crippen molar-refractivity contribution in [2.45, 2.75) is 67.1 Å². The van der Waals surface area contributed by atoms with Gasteiger partial charge in [0, 0.05) is 39.4 Å². The molecule has 1 amide bonds. The van der Waals surface area contributed by atoms with Crippen molar-refractivity contribution in [3.05, 3.63) is 71.8 Å². The van der Waals surface area contributed by atoms with E-state index in [-0.39, 0.29) is 0 Å². The Morgan fingerprint density at radius 3 is 1.78 bits per heavy atom. The number of hydrogen-bond acceptors (Lipinski definition) is 11. The van der Waals surface area contributed by atoms with Crippen LogP contribution in [0.25, 0.3) is 0 Å². The summed E-state index contributed by atoms with van der Waals surface area (Å²) in [6.07, 6.45) is -19.2. The Morgan fingerprint density at radius 2 is 1.35 bits per heavy atom. The third-order valence-corrected chi connectivity index (χ3v) is 8.15. The second-order valence-corrected chi connectivity index (χ2v) is 10.9. The highest BCUT2D eigenvalue weighted by Crippen LogP contribution is 2.47. The van der Waals surface area contributed by atoms with Gasteiger partial charge in [-0.15, -0.1) is 0 Å². The van der Waals surface area contributed by atoms with Gasteiger partial charge in [-0.1, -0.05) is 60.7 Å². The quantitative estimate of drug-likeness (QED) is 0.197. The molecule has 0 aliphatic carbocycles. The monoisotopic (exact) mass is 707 g/mol. The van der Waals surface area contributed by atoms with E-state index in [1.54, 1.807) is 0 Å². The van der Waals surface area contributed by atoms with Crippen molar-refractivity contribution in [2.75, 3.05) is 27.9 Å². The largest absolute Gasteiger partial charge is 0.455 e. The number of rotatable bonds is 12. The van der Waals surface area contributed by atoms with Crippen molar-refractivity contribution in [1.82, 2.24) is 5.32 Å². The van der Waals surface area contributed by atoms with Gasteiger partial charge < -0.3 is 38.5 Å². The van der Waals surface area contributed by atoms with Gasteiger partial charge in [0.25, 0.3) is 17.0 Å². The summed E-state index contributed by atoms with van der Waals surface area (Å²) < 4.78 is 124. The van der Waals surface area contributed by atoms with Gasteiger partial charge in [0.15, 0.2) is 6.10 Å². The number of halogens is 6. The number of hydrogen-bond donors (Lipinski definition) is 1. The van der Waals surface area contributed by atoms with Crippen LogP contribution in [-0.2, 0) is 63.5 Å². The number of fused-ring (bicyclic) bond motifs is 3. The minimum Gasteiger partial charge on any atom is -0.455 e. The molecule has 0 unspecified atom stereocenters. The number of esters is 3. The molecule has 5 rings (SSSR count). The van der Waals surface area contributed by atoms with Crippen molar-refractivity contribution in [3.8, 4) is 0 Å². The highest BCUT2D eigenvalue weighted by molar-refractivity contribution is 5.85. The molecule has 3 aliphatic rings. The Bertz CT molecular complexity index is 1530. The molecular weight excluding hydrogens is 676 g/mol. The first-order valence-electron chi connectivity index (χ1n) is 14.4. The van der Waals surface area contributed by atoms with Crippen molar-refractivity contribution < 1.29 is 78.7 Å². The van der Waals surface area contributed by atoms with Crippen LogP contribution in [-0.4, -0.2) is 94.2 Å². The van der Waals surface area contributed by atoms with E-state index in [2.05, 4.69) is 5.32 Å². The molecule has 3 fully saturated rings. The number of amides is 1. The molecule has 3 aliphatic heterocycles. The number of carbonyl (C=O) groups is 4. The lowest BCUT2D eigenvalue weighted by Crippen LogP contribution is -2.71. The zero-order valence-electron chi connectivity index (χ0n) is 26.3. The summed E-state index contributed by atoms with van der Waals surface area (Å²) in [6, 6.07) is 11.4. The van der Waals surface area contributed by atoms with E-state index >= 15 is 0 Å². The molecular formula is C31H31F6NO11. The second-order valence-electron chi connectivity index (χ2n) is 10.9. The van der Waals surface area contributed by atoms with Crippen molar-refractivity contribution in [1.29, 1.82) is 0 Å². The number of nitrogens with one attached hydrogen (secondary N) is 1. The molecule has 0 saturated carbocycles. The zero-order valence-corrected chi connectivity index (χ0v) is 26.3. The molecule has 1 N–H and O–H groups in total. The maximum Gasteiger partial charge on any atom is 0.432 e. The Balaban J connectivity index is 1.77. The van der Waals surface area contributed by atoms with Gasteiger partial charge >= 0.3 is 30.3 Å². The molecule has 49 heavy (non-hydrogen) atoms. The summed E-state index contributed by atoms with van der Waals surface area (Å²) in [5, 5.41) is 2.25. The number of alkyl halides is 6. The Morgan fingerprint density at radius 1 is 0.857 bits per heavy atom. The van der Waals surface area contributed by atoms with Crippen LogP contribution in [0.1, 0.15) is 24.5 Å². The molecule has 3 heterocycles. The summed E-state index contributed by atoms with van der Waals surface area (Å²) in [5.41, 5.74) is -8.76. The topological polar surface area (TPSA) is 145 Å². The molecule has 18 heteroatoms. The van der Waals surface area contributed by atoms with Crippen LogP contribution in [0, 0.1) is 0 Å². The average molecular weight is 708 g/mol. The van der Waals surface area contributed by atoms with Gasteiger partial charge in [-0.2, -0.15) is 26.3 Å². The first-order valence-corrected chi connectivity index (χ1v) is 14.4. The summed E-state index contributed by atoms with van der Waals surface area (Å²) >= 11 is 0. The van der Waals surface area contributed by atoms with Gasteiger partial charge in [-0.25, -0.2) is 14.4 Å². The number of ether oxygens (including phenoxy) is 7. The van der Waals surface area contributed by atoms with Gasteiger partial charge in [0.1, 0.15) is 18.3 Å². The number of benzene rings is 2. The van der Waals surface area contributed by atoms with Crippen LogP contribution < -0.4 is 5.32 Å². The fraction of sp³-hybridized carbons (Fsp3) is 0.484. The van der Waals surface area contributed by atoms with Gasteiger partial charge in [0.05, 0.1) is 13.0 Å². The SMILES string of the molecule is CO[C@@]12C[C@@H](OC(=O)[C@@](OC)(c3ccccc3)C(F)(F)F)[C@@H](OC1=O)[C@@H]([C@@H](CNC(C)=O)OC(=O)[C@@](OC)(c1ccccc1)C(F)(F)F)O2. The van der Waals surface area contributed by atoms with E-state index < -0.39 is 102 Å². The minimum atomic E-state index is -5.43. The fourth-order valence-electron chi connectivity index (χ4n) is 5.71. The van der Waals surface area contributed by atoms with E-state index in [0.29, 0.717) is 14.2 Å². The normalized spacial score (nSPS) is 25.3. The van der Waals surface area contributed by atoms with E-state index in [9.17, 15) is 45.5 Å². The lowest BCUT2D eigenvalue weighted by atomic mass is 9.87. The number of methoxy groups -OCH3 is 3. The summed E-state index contributed by atoms with van der Waals surface area (Å²) in [6.45, 7) is 0.249. The van der Waals surface area contributed by atoms with Crippen molar-refractivity contribution in [3.63, 3.8) is 0 Å². The number of carbonyl (C=O) groups excluding carboxylic acids is 4. The van der Waals surface area contributed by atoms with Crippen LogP contribution in [0.3, 0.4) is 0 Å². The van der Waals surface area contributed by atoms with E-state index in [0.717, 1.165) is 38.3 Å². The van der Waals surface area contributed by atoms with Crippen LogP contribution in [0.15, 0.2) is 60.7 Å². The van der Waals surface area contributed by atoms with E-state index in [4.69, 9.17) is 33.2 Å². The Hall–Kier alpha value is -4.26. The standard InChI is InChI=1S/C31H31F6NO11/c1-17(39)38-16-21(47-26(42)29(45-4,31(35,36)37)19-13-9-6-10-14-19)23-22-20(15-27(43-2,49-23)24(40)48-22)46-25(41)28(44-3,30(32,33)34)18-11-7-5-8-12-18/h5-14,20-23H,15-16H2,1-4H3,(H,38,39)/t20-,21-,22-,23-,27-,28+,29+/m1/s1. The van der Waals surface area contributed by atoms with Crippen LogP contribution in [0.5, 0.6) is 0 Å². The molecule has 7 atom stereocenters. The molecule has 2 aromatic carbocycles. The summed E-state index contributed by atoms with van der Waals surface area (Å²) in [4.78, 5) is 51.8. The molecule has 268 valence electrons. The molecule has 12 nitrogen and oxygen atoms in total. The highest BCUT2D eigenvalue weighted by Gasteiger charge is 2.69. The molecule has 2 bridgehead atoms.